The van der Waals surface area contributed by atoms with Crippen molar-refractivity contribution in [2.75, 3.05) is 12.4 Å². The van der Waals surface area contributed by atoms with Gasteiger partial charge in [0.15, 0.2) is 0 Å². The first kappa shape index (κ1) is 16.3. The van der Waals surface area contributed by atoms with Crippen LogP contribution in [0.2, 0.25) is 0 Å². The van der Waals surface area contributed by atoms with E-state index in [2.05, 4.69) is 5.32 Å². The van der Waals surface area contributed by atoms with E-state index in [0.717, 1.165) is 16.3 Å². The predicted molar refractivity (Wildman–Crippen MR) is 94.8 cm³/mol. The molecule has 5 nitrogen and oxygen atoms in total. The van der Waals surface area contributed by atoms with Crippen molar-refractivity contribution in [2.45, 2.75) is 19.9 Å². The van der Waals surface area contributed by atoms with Gasteiger partial charge in [0.05, 0.1) is 12.7 Å². The maximum atomic E-state index is 12.8. The van der Waals surface area contributed by atoms with Crippen LogP contribution in [0.5, 0.6) is 5.75 Å². The molecule has 0 bridgehead atoms. The second-order valence-corrected chi connectivity index (χ2v) is 6.60. The summed E-state index contributed by atoms with van der Waals surface area (Å²) in [6.45, 7) is 3.66. The molecule has 0 spiro atoms. The van der Waals surface area contributed by atoms with Crippen molar-refractivity contribution in [3.8, 4) is 5.75 Å². The Morgan fingerprint density at radius 1 is 1.08 bits per heavy atom. The zero-order valence-corrected chi connectivity index (χ0v) is 14.5. The van der Waals surface area contributed by atoms with Gasteiger partial charge in [-0.05, 0) is 49.6 Å². The minimum atomic E-state index is -0.297. The van der Waals surface area contributed by atoms with E-state index in [4.69, 9.17) is 4.74 Å². The van der Waals surface area contributed by atoms with Crippen LogP contribution < -0.4 is 10.1 Å². The third-order valence-electron chi connectivity index (χ3n) is 3.76. The van der Waals surface area contributed by atoms with E-state index in [1.54, 1.807) is 19.2 Å². The monoisotopic (exact) mass is 342 g/mol. The fourth-order valence-corrected chi connectivity index (χ4v) is 3.37. The number of nitrogens with one attached hydrogen (secondary N) is 1. The first-order chi connectivity index (χ1) is 11.5. The van der Waals surface area contributed by atoms with Crippen molar-refractivity contribution >= 4 is 34.4 Å². The molecule has 0 fully saturated rings. The molecule has 0 aliphatic carbocycles. The highest BCUT2D eigenvalue weighted by Gasteiger charge is 2.40. The molecule has 0 saturated carbocycles. The molecule has 0 unspecified atom stereocenters. The standard InChI is InChI=1S/C18H18N2O3S/c1-11(2)20-17(21)15(14-5-4-10-24-14)16(18(20)22)19-12-6-8-13(23-3)9-7-12/h4-11,19H,1-3H3. The van der Waals surface area contributed by atoms with E-state index in [9.17, 15) is 9.59 Å². The van der Waals surface area contributed by atoms with Crippen LogP contribution >= 0.6 is 11.3 Å². The number of imide groups is 1. The number of anilines is 1. The molecule has 1 aliphatic rings. The molecule has 1 aromatic heterocycles. The molecule has 3 rings (SSSR count). The van der Waals surface area contributed by atoms with Crippen LogP contribution in [0.1, 0.15) is 18.7 Å². The third-order valence-corrected chi connectivity index (χ3v) is 4.65. The van der Waals surface area contributed by atoms with Crippen LogP contribution in [0.15, 0.2) is 47.5 Å². The number of hydrogen-bond donors (Lipinski definition) is 1. The van der Waals surface area contributed by atoms with Gasteiger partial charge >= 0.3 is 0 Å². The van der Waals surface area contributed by atoms with Gasteiger partial charge in [0, 0.05) is 16.6 Å². The molecule has 2 aromatic rings. The molecular weight excluding hydrogens is 324 g/mol. The zero-order valence-electron chi connectivity index (χ0n) is 13.7. The first-order valence-corrected chi connectivity index (χ1v) is 8.48. The number of carbonyl (C=O) groups is 2. The number of benzene rings is 1. The largest absolute Gasteiger partial charge is 0.497 e. The average molecular weight is 342 g/mol. The van der Waals surface area contributed by atoms with E-state index in [1.165, 1.54) is 16.2 Å². The van der Waals surface area contributed by atoms with Crippen molar-refractivity contribution in [1.82, 2.24) is 4.90 Å². The lowest BCUT2D eigenvalue weighted by Crippen LogP contribution is -2.38. The van der Waals surface area contributed by atoms with Crippen molar-refractivity contribution < 1.29 is 14.3 Å². The zero-order chi connectivity index (χ0) is 17.3. The molecule has 2 heterocycles. The number of methoxy groups -OCH3 is 1. The van der Waals surface area contributed by atoms with Crippen molar-refractivity contribution in [2.24, 2.45) is 0 Å². The molecule has 0 atom stereocenters. The summed E-state index contributed by atoms with van der Waals surface area (Å²) in [6, 6.07) is 10.7. The highest BCUT2D eigenvalue weighted by Crippen LogP contribution is 2.33. The van der Waals surface area contributed by atoms with Gasteiger partial charge < -0.3 is 10.1 Å². The fraction of sp³-hybridized carbons (Fsp3) is 0.222. The summed E-state index contributed by atoms with van der Waals surface area (Å²) in [5.74, 6) is 0.174. The van der Waals surface area contributed by atoms with E-state index in [-0.39, 0.29) is 17.9 Å². The van der Waals surface area contributed by atoms with Gasteiger partial charge in [-0.15, -0.1) is 11.3 Å². The van der Waals surface area contributed by atoms with Gasteiger partial charge in [0.1, 0.15) is 11.4 Å². The van der Waals surface area contributed by atoms with E-state index < -0.39 is 0 Å². The van der Waals surface area contributed by atoms with Crippen molar-refractivity contribution in [3.05, 3.63) is 52.4 Å². The molecule has 1 N–H and O–H groups in total. The number of amides is 2. The fourth-order valence-electron chi connectivity index (χ4n) is 2.60. The Hall–Kier alpha value is -2.60. The number of carbonyl (C=O) groups excluding carboxylic acids is 2. The summed E-state index contributed by atoms with van der Waals surface area (Å²) >= 11 is 1.44. The Morgan fingerprint density at radius 2 is 1.79 bits per heavy atom. The van der Waals surface area contributed by atoms with Crippen molar-refractivity contribution in [1.29, 1.82) is 0 Å². The highest BCUT2D eigenvalue weighted by molar-refractivity contribution is 7.11. The summed E-state index contributed by atoms with van der Waals surface area (Å²) < 4.78 is 5.14. The number of ether oxygens (including phenoxy) is 1. The molecule has 1 aromatic carbocycles. The molecule has 124 valence electrons. The maximum Gasteiger partial charge on any atom is 0.278 e. The van der Waals surface area contributed by atoms with Crippen molar-refractivity contribution in [3.63, 3.8) is 0 Å². The lowest BCUT2D eigenvalue weighted by atomic mass is 10.2. The van der Waals surface area contributed by atoms with Gasteiger partial charge in [-0.3, -0.25) is 14.5 Å². The van der Waals surface area contributed by atoms with Crippen LogP contribution in [-0.4, -0.2) is 29.9 Å². The summed E-state index contributed by atoms with van der Waals surface area (Å²) in [7, 11) is 1.60. The molecule has 1 aliphatic heterocycles. The van der Waals surface area contributed by atoms with E-state index >= 15 is 0 Å². The maximum absolute atomic E-state index is 12.8. The molecular formula is C18H18N2O3S. The number of nitrogens with zero attached hydrogens (tertiary/aromatic N) is 1. The quantitative estimate of drug-likeness (QED) is 0.847. The molecule has 24 heavy (non-hydrogen) atoms. The smallest absolute Gasteiger partial charge is 0.278 e. The Bertz CT molecular complexity index is 792. The van der Waals surface area contributed by atoms with Gasteiger partial charge in [-0.2, -0.15) is 0 Å². The Kier molecular flexibility index (Phi) is 4.40. The predicted octanol–water partition coefficient (Wildman–Crippen LogP) is 3.36. The van der Waals surface area contributed by atoms with Crippen LogP contribution in [0.4, 0.5) is 5.69 Å². The lowest BCUT2D eigenvalue weighted by Gasteiger charge is -2.19. The van der Waals surface area contributed by atoms with Gasteiger partial charge in [0.2, 0.25) is 0 Å². The van der Waals surface area contributed by atoms with Crippen LogP contribution in [-0.2, 0) is 9.59 Å². The number of hydrogen-bond acceptors (Lipinski definition) is 5. The van der Waals surface area contributed by atoms with Crippen LogP contribution in [0, 0.1) is 0 Å². The Morgan fingerprint density at radius 3 is 2.33 bits per heavy atom. The minimum Gasteiger partial charge on any atom is -0.497 e. The summed E-state index contributed by atoms with van der Waals surface area (Å²) in [5, 5.41) is 5.01. The second-order valence-electron chi connectivity index (χ2n) is 5.65. The molecule has 0 radical (unpaired) electrons. The van der Waals surface area contributed by atoms with Gasteiger partial charge in [-0.25, -0.2) is 0 Å². The minimum absolute atomic E-state index is 0.199. The van der Waals surface area contributed by atoms with Crippen LogP contribution in [0.25, 0.3) is 5.57 Å². The Balaban J connectivity index is 2.02. The molecule has 2 amide bonds. The number of thiophene rings is 1. The van der Waals surface area contributed by atoms with Gasteiger partial charge in [-0.1, -0.05) is 6.07 Å². The normalized spacial score (nSPS) is 14.8. The SMILES string of the molecule is COc1ccc(NC2=C(c3cccs3)C(=O)N(C(C)C)C2=O)cc1. The first-order valence-electron chi connectivity index (χ1n) is 7.60. The average Bonchev–Trinajstić information content (AvgIpc) is 3.15. The molecule has 0 saturated heterocycles. The number of rotatable bonds is 5. The lowest BCUT2D eigenvalue weighted by molar-refractivity contribution is -0.138. The van der Waals surface area contributed by atoms with Crippen LogP contribution in [0.3, 0.4) is 0 Å². The topological polar surface area (TPSA) is 58.6 Å². The van der Waals surface area contributed by atoms with E-state index in [1.807, 2.05) is 43.5 Å². The highest BCUT2D eigenvalue weighted by atomic mass is 32.1. The Labute approximate surface area is 144 Å². The second kappa shape index (κ2) is 6.49. The molecule has 6 heteroatoms. The van der Waals surface area contributed by atoms with E-state index in [0.29, 0.717) is 11.3 Å². The summed E-state index contributed by atoms with van der Waals surface area (Å²) in [5.41, 5.74) is 1.48. The third kappa shape index (κ3) is 2.80. The van der Waals surface area contributed by atoms with Gasteiger partial charge in [0.25, 0.3) is 11.8 Å². The summed E-state index contributed by atoms with van der Waals surface area (Å²) in [6.07, 6.45) is 0. The summed E-state index contributed by atoms with van der Waals surface area (Å²) in [4.78, 5) is 27.6.